The van der Waals surface area contributed by atoms with E-state index in [1.165, 1.54) is 0 Å². The lowest BCUT2D eigenvalue weighted by molar-refractivity contribution is -0.149. The largest absolute Gasteiger partial charge is 0.369 e. The van der Waals surface area contributed by atoms with Crippen LogP contribution in [-0.2, 0) is 14.3 Å². The Bertz CT molecular complexity index is 673. The van der Waals surface area contributed by atoms with Gasteiger partial charge in [0.05, 0.1) is 6.10 Å². The first-order valence-electron chi connectivity index (χ1n) is 13.3. The van der Waals surface area contributed by atoms with Crippen molar-refractivity contribution in [3.05, 3.63) is 0 Å². The molecular formula is C28H55N3O3. The number of hydrogen-bond acceptors (Lipinski definition) is 4. The molecule has 200 valence electrons. The normalized spacial score (nSPS) is 21.1. The highest BCUT2D eigenvalue weighted by atomic mass is 16.6. The Morgan fingerprint density at radius 1 is 0.882 bits per heavy atom. The van der Waals surface area contributed by atoms with E-state index in [-0.39, 0.29) is 40.7 Å². The third kappa shape index (κ3) is 8.51. The monoisotopic (exact) mass is 481 g/mol. The molecule has 1 fully saturated rings. The van der Waals surface area contributed by atoms with E-state index in [0.717, 1.165) is 32.2 Å². The summed E-state index contributed by atoms with van der Waals surface area (Å²) in [4.78, 5) is 26.2. The van der Waals surface area contributed by atoms with Gasteiger partial charge in [-0.2, -0.15) is 0 Å². The number of carbonyl (C=O) groups excluding carboxylic acids is 2. The van der Waals surface area contributed by atoms with E-state index in [2.05, 4.69) is 86.8 Å². The van der Waals surface area contributed by atoms with E-state index in [4.69, 9.17) is 10.5 Å². The fourth-order valence-electron chi connectivity index (χ4n) is 5.57. The molecule has 1 rings (SSSR count). The Kier molecular flexibility index (Phi) is 10.7. The molecule has 0 spiro atoms. The number of ether oxygens (including phenoxy) is 1. The molecule has 1 aliphatic heterocycles. The van der Waals surface area contributed by atoms with Gasteiger partial charge in [0.25, 0.3) is 0 Å². The molecule has 4 atom stereocenters. The fourth-order valence-corrected chi connectivity index (χ4v) is 5.57. The van der Waals surface area contributed by atoms with E-state index < -0.39 is 10.8 Å². The number of primary amides is 1. The summed E-state index contributed by atoms with van der Waals surface area (Å²) in [5.74, 6) is -0.803. The molecule has 34 heavy (non-hydrogen) atoms. The lowest BCUT2D eigenvalue weighted by atomic mass is 9.50. The summed E-state index contributed by atoms with van der Waals surface area (Å²) in [5.41, 5.74) is 4.72. The summed E-state index contributed by atoms with van der Waals surface area (Å²) in [6.45, 7) is 25.0. The van der Waals surface area contributed by atoms with Crippen LogP contribution in [0.15, 0.2) is 0 Å². The van der Waals surface area contributed by atoms with Crippen LogP contribution in [0.1, 0.15) is 108 Å². The summed E-state index contributed by atoms with van der Waals surface area (Å²) < 4.78 is 5.50. The van der Waals surface area contributed by atoms with Gasteiger partial charge in [-0.1, -0.05) is 82.6 Å². The topological polar surface area (TPSA) is 96.8 Å². The van der Waals surface area contributed by atoms with Gasteiger partial charge in [-0.3, -0.25) is 14.9 Å². The third-order valence-corrected chi connectivity index (χ3v) is 8.02. The molecule has 0 aromatic rings. The van der Waals surface area contributed by atoms with Crippen LogP contribution in [0.5, 0.6) is 0 Å². The van der Waals surface area contributed by atoms with E-state index in [1.807, 2.05) is 0 Å². The van der Waals surface area contributed by atoms with E-state index in [1.54, 1.807) is 0 Å². The summed E-state index contributed by atoms with van der Waals surface area (Å²) in [6, 6.07) is 0. The van der Waals surface area contributed by atoms with E-state index in [9.17, 15) is 9.59 Å². The summed E-state index contributed by atoms with van der Waals surface area (Å²) in [6.07, 6.45) is 5.45. The molecule has 4 N–H and O–H groups in total. The lowest BCUT2D eigenvalue weighted by Crippen LogP contribution is -2.56. The second-order valence-corrected chi connectivity index (χ2v) is 13.8. The van der Waals surface area contributed by atoms with Gasteiger partial charge in [0, 0.05) is 18.4 Å². The van der Waals surface area contributed by atoms with Crippen LogP contribution < -0.4 is 16.4 Å². The fraction of sp³-hybridized carbons (Fsp3) is 0.929. The lowest BCUT2D eigenvalue weighted by Gasteiger charge is -2.54. The van der Waals surface area contributed by atoms with E-state index in [0.29, 0.717) is 19.1 Å². The predicted octanol–water partition coefficient (Wildman–Crippen LogP) is 5.25. The van der Waals surface area contributed by atoms with Gasteiger partial charge in [-0.25, -0.2) is 0 Å². The molecule has 0 saturated carbocycles. The molecule has 6 nitrogen and oxygen atoms in total. The van der Waals surface area contributed by atoms with Gasteiger partial charge in [0.15, 0.2) is 0 Å². The zero-order chi connectivity index (χ0) is 26.5. The summed E-state index contributed by atoms with van der Waals surface area (Å²) in [5, 5.41) is 6.63. The highest BCUT2D eigenvalue weighted by molar-refractivity contribution is 5.81. The van der Waals surface area contributed by atoms with Crippen molar-refractivity contribution in [3.63, 3.8) is 0 Å². The number of rotatable bonds is 14. The quantitative estimate of drug-likeness (QED) is 0.233. The number of carbonyl (C=O) groups is 2. The van der Waals surface area contributed by atoms with Crippen LogP contribution in [0, 0.1) is 33.5 Å². The summed E-state index contributed by atoms with van der Waals surface area (Å²) in [7, 11) is 0. The van der Waals surface area contributed by atoms with Crippen molar-refractivity contribution < 1.29 is 14.3 Å². The highest BCUT2D eigenvalue weighted by Gasteiger charge is 2.55. The average molecular weight is 482 g/mol. The van der Waals surface area contributed by atoms with Crippen molar-refractivity contribution in [3.8, 4) is 0 Å². The third-order valence-electron chi connectivity index (χ3n) is 8.02. The first-order valence-corrected chi connectivity index (χ1v) is 13.3. The number of hydrogen-bond donors (Lipinski definition) is 3. The Labute approximate surface area is 209 Å². The Morgan fingerprint density at radius 2 is 1.44 bits per heavy atom. The Hall–Kier alpha value is -1.14. The highest BCUT2D eigenvalue weighted by Crippen LogP contribution is 2.56. The molecule has 0 bridgehead atoms. The van der Waals surface area contributed by atoms with Crippen molar-refractivity contribution in [2.45, 2.75) is 121 Å². The number of unbranched alkanes of at least 4 members (excludes halogenated alkanes) is 2. The minimum atomic E-state index is -0.464. The SMILES string of the molecule is CCC1OC1NCCCCCNC(=O)C(C(C)(C)C)C(C)(C)C(C)(C)C(CC(C)(C)C)C(N)=O. The molecule has 1 saturated heterocycles. The molecule has 0 radical (unpaired) electrons. The molecule has 0 aromatic carbocycles. The van der Waals surface area contributed by atoms with Crippen LogP contribution in [0.3, 0.4) is 0 Å². The van der Waals surface area contributed by atoms with Crippen molar-refractivity contribution >= 4 is 11.8 Å². The molecule has 1 heterocycles. The first kappa shape index (κ1) is 30.9. The zero-order valence-corrected chi connectivity index (χ0v) is 24.1. The number of nitrogens with one attached hydrogen (secondary N) is 2. The van der Waals surface area contributed by atoms with Crippen LogP contribution in [0.4, 0.5) is 0 Å². The smallest absolute Gasteiger partial charge is 0.224 e. The maximum atomic E-state index is 13.6. The van der Waals surface area contributed by atoms with Crippen molar-refractivity contribution in [2.75, 3.05) is 13.1 Å². The zero-order valence-electron chi connectivity index (χ0n) is 24.1. The van der Waals surface area contributed by atoms with Crippen LogP contribution in [0.2, 0.25) is 0 Å². The van der Waals surface area contributed by atoms with Crippen molar-refractivity contribution in [1.29, 1.82) is 0 Å². The maximum Gasteiger partial charge on any atom is 0.224 e. The van der Waals surface area contributed by atoms with Gasteiger partial charge in [0.1, 0.15) is 6.23 Å². The number of amides is 2. The van der Waals surface area contributed by atoms with Gasteiger partial charge in [-0.05, 0) is 53.9 Å². The molecule has 0 aliphatic carbocycles. The van der Waals surface area contributed by atoms with Crippen LogP contribution in [-0.4, -0.2) is 37.2 Å². The van der Waals surface area contributed by atoms with Gasteiger partial charge in [-0.15, -0.1) is 0 Å². The molecular weight excluding hydrogens is 426 g/mol. The number of nitrogens with two attached hydrogens (primary N) is 1. The molecule has 0 aromatic heterocycles. The Morgan fingerprint density at radius 3 is 1.88 bits per heavy atom. The van der Waals surface area contributed by atoms with Gasteiger partial charge >= 0.3 is 0 Å². The molecule has 2 amide bonds. The minimum absolute atomic E-state index is 0.0372. The molecule has 1 aliphatic rings. The van der Waals surface area contributed by atoms with Crippen molar-refractivity contribution in [2.24, 2.45) is 39.2 Å². The predicted molar refractivity (Wildman–Crippen MR) is 141 cm³/mol. The second kappa shape index (κ2) is 11.7. The van der Waals surface area contributed by atoms with Crippen LogP contribution >= 0.6 is 0 Å². The Balaban J connectivity index is 2.79. The van der Waals surface area contributed by atoms with Gasteiger partial charge in [0.2, 0.25) is 11.8 Å². The average Bonchev–Trinajstić information content (AvgIpc) is 3.41. The first-order chi connectivity index (χ1) is 15.4. The molecule has 4 unspecified atom stereocenters. The van der Waals surface area contributed by atoms with Gasteiger partial charge < -0.3 is 15.8 Å². The van der Waals surface area contributed by atoms with Crippen LogP contribution in [0.25, 0.3) is 0 Å². The minimum Gasteiger partial charge on any atom is -0.369 e. The van der Waals surface area contributed by atoms with E-state index >= 15 is 0 Å². The second-order valence-electron chi connectivity index (χ2n) is 13.8. The molecule has 6 heteroatoms. The number of epoxide rings is 1. The maximum absolute atomic E-state index is 13.6. The summed E-state index contributed by atoms with van der Waals surface area (Å²) >= 11 is 0. The van der Waals surface area contributed by atoms with Crippen molar-refractivity contribution in [1.82, 2.24) is 10.6 Å². The standard InChI is InChI=1S/C28H55N3O3/c1-12-20-24(34-20)31-17-15-13-14-16-30-23(33)21(26(5,6)7)28(10,11)27(8,9)19(22(29)32)18-25(2,3)4/h19-21,24,31H,12-18H2,1-11H3,(H2,29,32)(H,30,33).